The summed E-state index contributed by atoms with van der Waals surface area (Å²) in [4.78, 5) is 25.6. The zero-order valence-electron chi connectivity index (χ0n) is 12.9. The van der Waals surface area contributed by atoms with Crippen molar-refractivity contribution in [1.29, 1.82) is 0 Å². The number of anilines is 1. The van der Waals surface area contributed by atoms with Gasteiger partial charge in [0.1, 0.15) is 0 Å². The highest BCUT2D eigenvalue weighted by atomic mass is 16.2. The van der Waals surface area contributed by atoms with E-state index in [4.69, 9.17) is 0 Å². The maximum absolute atomic E-state index is 12.1. The lowest BCUT2D eigenvalue weighted by Crippen LogP contribution is -2.38. The standard InChI is InChI=1S/C18H20N2O2/c1-14-8-6-7-9-15(14)12-17(21)19-13-18(22)20(2)16-10-4-3-5-11-16/h3-11H,12-13H2,1-2H3,(H,19,21). The second-order valence-corrected chi connectivity index (χ2v) is 5.17. The first-order chi connectivity index (χ1) is 10.6. The van der Waals surface area contributed by atoms with Crippen LogP contribution in [0.15, 0.2) is 54.6 Å². The van der Waals surface area contributed by atoms with Gasteiger partial charge in [0.15, 0.2) is 0 Å². The number of likely N-dealkylation sites (N-methyl/N-ethyl adjacent to an activating group) is 1. The largest absolute Gasteiger partial charge is 0.347 e. The number of rotatable bonds is 5. The van der Waals surface area contributed by atoms with Crippen LogP contribution in [0.3, 0.4) is 0 Å². The first-order valence-electron chi connectivity index (χ1n) is 7.20. The summed E-state index contributed by atoms with van der Waals surface area (Å²) in [5.74, 6) is -0.298. The first kappa shape index (κ1) is 15.8. The zero-order chi connectivity index (χ0) is 15.9. The Kier molecular flexibility index (Phi) is 5.31. The Labute approximate surface area is 130 Å². The topological polar surface area (TPSA) is 49.4 Å². The summed E-state index contributed by atoms with van der Waals surface area (Å²) in [5, 5.41) is 2.68. The Balaban J connectivity index is 1.86. The van der Waals surface area contributed by atoms with Crippen molar-refractivity contribution in [3.63, 3.8) is 0 Å². The molecule has 0 aromatic heterocycles. The van der Waals surface area contributed by atoms with E-state index in [0.717, 1.165) is 16.8 Å². The van der Waals surface area contributed by atoms with Gasteiger partial charge in [0, 0.05) is 12.7 Å². The average Bonchev–Trinajstić information content (AvgIpc) is 2.55. The van der Waals surface area contributed by atoms with Crippen LogP contribution in [0.25, 0.3) is 0 Å². The lowest BCUT2D eigenvalue weighted by molar-refractivity contribution is -0.124. The van der Waals surface area contributed by atoms with Gasteiger partial charge in [0.05, 0.1) is 13.0 Å². The number of carbonyl (C=O) groups excluding carboxylic acids is 2. The highest BCUT2D eigenvalue weighted by Crippen LogP contribution is 2.11. The summed E-state index contributed by atoms with van der Waals surface area (Å²) in [6.07, 6.45) is 0.287. The van der Waals surface area contributed by atoms with Gasteiger partial charge >= 0.3 is 0 Å². The van der Waals surface area contributed by atoms with Crippen molar-refractivity contribution in [2.45, 2.75) is 13.3 Å². The van der Waals surface area contributed by atoms with Gasteiger partial charge in [-0.1, -0.05) is 42.5 Å². The highest BCUT2D eigenvalue weighted by molar-refractivity contribution is 5.96. The number of carbonyl (C=O) groups is 2. The lowest BCUT2D eigenvalue weighted by Gasteiger charge is -2.17. The molecule has 0 spiro atoms. The Bertz CT molecular complexity index is 653. The quantitative estimate of drug-likeness (QED) is 0.920. The molecule has 0 atom stereocenters. The first-order valence-corrected chi connectivity index (χ1v) is 7.20. The normalized spacial score (nSPS) is 10.1. The molecule has 0 bridgehead atoms. The van der Waals surface area contributed by atoms with Crippen LogP contribution in [0.4, 0.5) is 5.69 Å². The van der Waals surface area contributed by atoms with E-state index in [1.165, 1.54) is 4.90 Å². The van der Waals surface area contributed by atoms with Crippen LogP contribution in [0, 0.1) is 6.92 Å². The van der Waals surface area contributed by atoms with Crippen LogP contribution in [0.5, 0.6) is 0 Å². The van der Waals surface area contributed by atoms with Gasteiger partial charge in [-0.15, -0.1) is 0 Å². The van der Waals surface area contributed by atoms with Crippen LogP contribution in [0.2, 0.25) is 0 Å². The third kappa shape index (κ3) is 4.19. The van der Waals surface area contributed by atoms with E-state index in [1.807, 2.05) is 61.5 Å². The van der Waals surface area contributed by atoms with Crippen molar-refractivity contribution in [3.8, 4) is 0 Å². The van der Waals surface area contributed by atoms with Gasteiger partial charge in [-0.25, -0.2) is 0 Å². The SMILES string of the molecule is Cc1ccccc1CC(=O)NCC(=O)N(C)c1ccccc1. The molecule has 4 heteroatoms. The molecule has 1 N–H and O–H groups in total. The van der Waals surface area contributed by atoms with E-state index < -0.39 is 0 Å². The van der Waals surface area contributed by atoms with E-state index >= 15 is 0 Å². The van der Waals surface area contributed by atoms with Crippen LogP contribution in [0.1, 0.15) is 11.1 Å². The fourth-order valence-electron chi connectivity index (χ4n) is 2.13. The summed E-state index contributed by atoms with van der Waals surface area (Å²) in [5.41, 5.74) is 2.86. The summed E-state index contributed by atoms with van der Waals surface area (Å²) in [6.45, 7) is 1.97. The van der Waals surface area contributed by atoms with E-state index in [1.54, 1.807) is 7.05 Å². The molecule has 0 aliphatic rings. The van der Waals surface area contributed by atoms with Crippen molar-refractivity contribution in [1.82, 2.24) is 5.32 Å². The maximum Gasteiger partial charge on any atom is 0.246 e. The number of hydrogen-bond donors (Lipinski definition) is 1. The molecule has 0 fully saturated rings. The molecule has 114 valence electrons. The van der Waals surface area contributed by atoms with E-state index in [9.17, 15) is 9.59 Å². The smallest absolute Gasteiger partial charge is 0.246 e. The van der Waals surface area contributed by atoms with E-state index in [2.05, 4.69) is 5.32 Å². The van der Waals surface area contributed by atoms with Crippen molar-refractivity contribution in [2.75, 3.05) is 18.5 Å². The molecule has 0 saturated heterocycles. The van der Waals surface area contributed by atoms with Gasteiger partial charge in [-0.3, -0.25) is 9.59 Å². The Morgan fingerprint density at radius 3 is 2.32 bits per heavy atom. The number of aryl methyl sites for hydroxylation is 1. The van der Waals surface area contributed by atoms with Gasteiger partial charge in [0.25, 0.3) is 0 Å². The second kappa shape index (κ2) is 7.41. The monoisotopic (exact) mass is 296 g/mol. The van der Waals surface area contributed by atoms with E-state index in [0.29, 0.717) is 0 Å². The minimum atomic E-state index is -0.149. The molecule has 0 aliphatic carbocycles. The predicted molar refractivity (Wildman–Crippen MR) is 87.7 cm³/mol. The molecular weight excluding hydrogens is 276 g/mol. The van der Waals surface area contributed by atoms with Crippen molar-refractivity contribution >= 4 is 17.5 Å². The fourth-order valence-corrected chi connectivity index (χ4v) is 2.13. The minimum Gasteiger partial charge on any atom is -0.347 e. The number of hydrogen-bond acceptors (Lipinski definition) is 2. The maximum atomic E-state index is 12.1. The molecule has 2 rings (SSSR count). The van der Waals surface area contributed by atoms with Gasteiger partial charge in [0.2, 0.25) is 11.8 Å². The predicted octanol–water partition coefficient (Wildman–Crippen LogP) is 2.32. The zero-order valence-corrected chi connectivity index (χ0v) is 12.9. The average molecular weight is 296 g/mol. The molecule has 2 amide bonds. The van der Waals surface area contributed by atoms with Crippen LogP contribution < -0.4 is 10.2 Å². The summed E-state index contributed by atoms with van der Waals surface area (Å²) in [7, 11) is 1.70. The second-order valence-electron chi connectivity index (χ2n) is 5.17. The van der Waals surface area contributed by atoms with Crippen LogP contribution in [-0.2, 0) is 16.0 Å². The molecular formula is C18H20N2O2. The number of benzene rings is 2. The Morgan fingerprint density at radius 1 is 1.00 bits per heavy atom. The Hall–Kier alpha value is -2.62. The van der Waals surface area contributed by atoms with Crippen LogP contribution >= 0.6 is 0 Å². The third-order valence-electron chi connectivity index (χ3n) is 3.57. The Morgan fingerprint density at radius 2 is 1.64 bits per heavy atom. The number of nitrogens with zero attached hydrogens (tertiary/aromatic N) is 1. The lowest BCUT2D eigenvalue weighted by atomic mass is 10.1. The van der Waals surface area contributed by atoms with Crippen molar-refractivity contribution < 1.29 is 9.59 Å². The van der Waals surface area contributed by atoms with E-state index in [-0.39, 0.29) is 24.8 Å². The highest BCUT2D eigenvalue weighted by Gasteiger charge is 2.12. The number of nitrogens with one attached hydrogen (secondary N) is 1. The molecule has 2 aromatic rings. The molecule has 4 nitrogen and oxygen atoms in total. The number of amides is 2. The van der Waals surface area contributed by atoms with Gasteiger partial charge in [-0.2, -0.15) is 0 Å². The molecule has 0 unspecified atom stereocenters. The molecule has 0 saturated carbocycles. The summed E-state index contributed by atoms with van der Waals surface area (Å²) >= 11 is 0. The molecule has 22 heavy (non-hydrogen) atoms. The van der Waals surface area contributed by atoms with Gasteiger partial charge in [-0.05, 0) is 30.2 Å². The third-order valence-corrected chi connectivity index (χ3v) is 3.57. The van der Waals surface area contributed by atoms with Gasteiger partial charge < -0.3 is 10.2 Å². The minimum absolute atomic E-state index is 0.00386. The summed E-state index contributed by atoms with van der Waals surface area (Å²) < 4.78 is 0. The van der Waals surface area contributed by atoms with Crippen molar-refractivity contribution in [3.05, 3.63) is 65.7 Å². The molecule has 0 heterocycles. The fraction of sp³-hybridized carbons (Fsp3) is 0.222. The summed E-state index contributed by atoms with van der Waals surface area (Å²) in [6, 6.07) is 17.1. The molecule has 2 aromatic carbocycles. The molecule has 0 aliphatic heterocycles. The van der Waals surface area contributed by atoms with Crippen LogP contribution in [-0.4, -0.2) is 25.4 Å². The number of para-hydroxylation sites is 1. The molecule has 0 radical (unpaired) electrons. The van der Waals surface area contributed by atoms with Crippen molar-refractivity contribution in [2.24, 2.45) is 0 Å².